The number of hydrogen-bond donors (Lipinski definition) is 1. The maximum atomic E-state index is 12.6. The third-order valence-corrected chi connectivity index (χ3v) is 5.91. The molecule has 0 fully saturated rings. The summed E-state index contributed by atoms with van der Waals surface area (Å²) >= 11 is 0. The van der Waals surface area contributed by atoms with Crippen LogP contribution in [0.3, 0.4) is 0 Å². The SMILES string of the molecule is CCS(=O)(=O)N(CC(=O)Nc1ccc(OC(F)(F)F)cc1)c1ccc2c(c1)OCCO2. The van der Waals surface area contributed by atoms with E-state index in [1.807, 2.05) is 0 Å². The van der Waals surface area contributed by atoms with Gasteiger partial charge in [-0.2, -0.15) is 0 Å². The van der Waals surface area contributed by atoms with Gasteiger partial charge in [0.1, 0.15) is 25.5 Å². The number of benzene rings is 2. The summed E-state index contributed by atoms with van der Waals surface area (Å²) < 4.78 is 77.5. The Hall–Kier alpha value is -3.15. The molecule has 31 heavy (non-hydrogen) atoms. The third kappa shape index (κ3) is 5.94. The van der Waals surface area contributed by atoms with Gasteiger partial charge in [0.05, 0.1) is 11.4 Å². The van der Waals surface area contributed by atoms with E-state index in [-0.39, 0.29) is 17.1 Å². The number of hydrogen-bond acceptors (Lipinski definition) is 6. The second kappa shape index (κ2) is 8.92. The first-order valence-electron chi connectivity index (χ1n) is 9.13. The number of carbonyl (C=O) groups is 1. The molecule has 0 bridgehead atoms. The average molecular weight is 460 g/mol. The number of ether oxygens (including phenoxy) is 3. The molecule has 0 saturated heterocycles. The fourth-order valence-electron chi connectivity index (χ4n) is 2.76. The Morgan fingerprint density at radius 3 is 2.35 bits per heavy atom. The molecule has 3 rings (SSSR count). The summed E-state index contributed by atoms with van der Waals surface area (Å²) in [5.74, 6) is -0.554. The fourth-order valence-corrected chi connectivity index (χ4v) is 3.82. The van der Waals surface area contributed by atoms with Crippen LogP contribution in [0.5, 0.6) is 17.2 Å². The Kier molecular flexibility index (Phi) is 6.48. The molecule has 2 aromatic carbocycles. The Morgan fingerprint density at radius 1 is 1.10 bits per heavy atom. The van der Waals surface area contributed by atoms with Gasteiger partial charge in [0.25, 0.3) is 0 Å². The molecule has 0 spiro atoms. The highest BCUT2D eigenvalue weighted by Gasteiger charge is 2.31. The van der Waals surface area contributed by atoms with Crippen molar-refractivity contribution in [1.29, 1.82) is 0 Å². The monoisotopic (exact) mass is 460 g/mol. The van der Waals surface area contributed by atoms with Gasteiger partial charge in [0.2, 0.25) is 15.9 Å². The van der Waals surface area contributed by atoms with Gasteiger partial charge in [-0.3, -0.25) is 9.10 Å². The standard InChI is InChI=1S/C19H19F3N2O6S/c1-2-31(26,27)24(14-5-8-16-17(11-14)29-10-9-28-16)12-18(25)23-13-3-6-15(7-4-13)30-19(20,21)22/h3-8,11H,2,9-10,12H2,1H3,(H,23,25). The van der Waals surface area contributed by atoms with E-state index in [1.165, 1.54) is 31.2 Å². The number of sulfonamides is 1. The van der Waals surface area contributed by atoms with Crippen molar-refractivity contribution in [3.63, 3.8) is 0 Å². The van der Waals surface area contributed by atoms with Crippen LogP contribution in [0.15, 0.2) is 42.5 Å². The quantitative estimate of drug-likeness (QED) is 0.682. The normalized spacial score (nSPS) is 13.4. The van der Waals surface area contributed by atoms with E-state index in [1.54, 1.807) is 6.07 Å². The van der Waals surface area contributed by atoms with Gasteiger partial charge in [-0.15, -0.1) is 13.2 Å². The number of nitrogens with one attached hydrogen (secondary N) is 1. The molecular weight excluding hydrogens is 441 g/mol. The highest BCUT2D eigenvalue weighted by molar-refractivity contribution is 7.92. The number of fused-ring (bicyclic) bond motifs is 1. The van der Waals surface area contributed by atoms with Gasteiger partial charge < -0.3 is 19.5 Å². The van der Waals surface area contributed by atoms with Crippen LogP contribution in [-0.4, -0.2) is 46.2 Å². The molecule has 1 N–H and O–H groups in total. The smallest absolute Gasteiger partial charge is 0.486 e. The van der Waals surface area contributed by atoms with E-state index in [4.69, 9.17) is 9.47 Å². The van der Waals surface area contributed by atoms with Crippen LogP contribution in [0.1, 0.15) is 6.92 Å². The molecular formula is C19H19F3N2O6S. The fraction of sp³-hybridized carbons (Fsp3) is 0.316. The van der Waals surface area contributed by atoms with Crippen molar-refractivity contribution in [2.24, 2.45) is 0 Å². The number of amides is 1. The van der Waals surface area contributed by atoms with Crippen molar-refractivity contribution in [3.8, 4) is 17.2 Å². The van der Waals surface area contributed by atoms with Crippen molar-refractivity contribution in [2.75, 3.05) is 35.1 Å². The lowest BCUT2D eigenvalue weighted by atomic mass is 10.2. The van der Waals surface area contributed by atoms with Crippen LogP contribution >= 0.6 is 0 Å². The Morgan fingerprint density at radius 2 is 1.74 bits per heavy atom. The molecule has 12 heteroatoms. The van der Waals surface area contributed by atoms with E-state index in [2.05, 4.69) is 10.1 Å². The molecule has 1 aliphatic heterocycles. The molecule has 1 heterocycles. The third-order valence-electron chi connectivity index (χ3n) is 4.17. The number of rotatable bonds is 7. The minimum absolute atomic E-state index is 0.176. The van der Waals surface area contributed by atoms with Crippen LogP contribution in [-0.2, 0) is 14.8 Å². The highest BCUT2D eigenvalue weighted by Crippen LogP contribution is 2.35. The molecule has 0 atom stereocenters. The summed E-state index contributed by atoms with van der Waals surface area (Å²) in [4.78, 5) is 12.5. The zero-order valence-corrected chi connectivity index (χ0v) is 17.1. The molecule has 0 unspecified atom stereocenters. The molecule has 168 valence electrons. The van der Waals surface area contributed by atoms with E-state index in [9.17, 15) is 26.4 Å². The first-order valence-corrected chi connectivity index (χ1v) is 10.7. The van der Waals surface area contributed by atoms with Crippen LogP contribution in [0.2, 0.25) is 0 Å². The van der Waals surface area contributed by atoms with Crippen molar-refractivity contribution >= 4 is 27.3 Å². The summed E-state index contributed by atoms with van der Waals surface area (Å²) in [6.07, 6.45) is -4.83. The van der Waals surface area contributed by atoms with E-state index in [0.717, 1.165) is 16.4 Å². The number of carbonyl (C=O) groups excluding carboxylic acids is 1. The Labute approximate surface area is 176 Å². The molecule has 0 aliphatic carbocycles. The maximum absolute atomic E-state index is 12.6. The molecule has 2 aromatic rings. The topological polar surface area (TPSA) is 94.2 Å². The van der Waals surface area contributed by atoms with Gasteiger partial charge in [-0.1, -0.05) is 0 Å². The number of halogens is 3. The first kappa shape index (κ1) is 22.5. The van der Waals surface area contributed by atoms with Gasteiger partial charge >= 0.3 is 6.36 Å². The van der Waals surface area contributed by atoms with Crippen molar-refractivity contribution in [1.82, 2.24) is 0 Å². The van der Waals surface area contributed by atoms with Crippen LogP contribution < -0.4 is 23.8 Å². The summed E-state index contributed by atoms with van der Waals surface area (Å²) in [5, 5.41) is 2.45. The van der Waals surface area contributed by atoms with Crippen molar-refractivity contribution in [2.45, 2.75) is 13.3 Å². The lowest BCUT2D eigenvalue weighted by Crippen LogP contribution is -2.39. The molecule has 8 nitrogen and oxygen atoms in total. The summed E-state index contributed by atoms with van der Waals surface area (Å²) in [5.41, 5.74) is 0.394. The van der Waals surface area contributed by atoms with Gasteiger partial charge in [0.15, 0.2) is 11.5 Å². The molecule has 1 amide bonds. The minimum Gasteiger partial charge on any atom is -0.486 e. The van der Waals surface area contributed by atoms with E-state index in [0.29, 0.717) is 24.7 Å². The predicted octanol–water partition coefficient (Wildman–Crippen LogP) is 3.15. The second-order valence-corrected chi connectivity index (χ2v) is 8.54. The van der Waals surface area contributed by atoms with Gasteiger partial charge in [-0.05, 0) is 43.3 Å². The van der Waals surface area contributed by atoms with Gasteiger partial charge in [-0.25, -0.2) is 8.42 Å². The van der Waals surface area contributed by atoms with Crippen LogP contribution in [0.4, 0.5) is 24.5 Å². The molecule has 0 aromatic heterocycles. The maximum Gasteiger partial charge on any atom is 0.573 e. The lowest BCUT2D eigenvalue weighted by molar-refractivity contribution is -0.274. The summed E-state index contributed by atoms with van der Waals surface area (Å²) in [7, 11) is -3.82. The van der Waals surface area contributed by atoms with E-state index < -0.39 is 34.6 Å². The van der Waals surface area contributed by atoms with Crippen LogP contribution in [0, 0.1) is 0 Å². The van der Waals surface area contributed by atoms with Crippen molar-refractivity contribution < 1.29 is 40.6 Å². The Bertz CT molecular complexity index is 1040. The highest BCUT2D eigenvalue weighted by atomic mass is 32.2. The molecule has 1 aliphatic rings. The number of anilines is 2. The largest absolute Gasteiger partial charge is 0.573 e. The first-order chi connectivity index (χ1) is 14.6. The summed E-state index contributed by atoms with van der Waals surface area (Å²) in [6.45, 7) is 1.58. The van der Waals surface area contributed by atoms with Crippen molar-refractivity contribution in [3.05, 3.63) is 42.5 Å². The predicted molar refractivity (Wildman–Crippen MR) is 106 cm³/mol. The lowest BCUT2D eigenvalue weighted by Gasteiger charge is -2.25. The molecule has 0 radical (unpaired) electrons. The number of nitrogens with zero attached hydrogens (tertiary/aromatic N) is 1. The molecule has 0 saturated carbocycles. The summed E-state index contributed by atoms with van der Waals surface area (Å²) in [6, 6.07) is 9.01. The zero-order chi connectivity index (χ0) is 22.6. The van der Waals surface area contributed by atoms with E-state index >= 15 is 0 Å². The Balaban J connectivity index is 1.75. The van der Waals surface area contributed by atoms with Crippen LogP contribution in [0.25, 0.3) is 0 Å². The zero-order valence-electron chi connectivity index (χ0n) is 16.3. The van der Waals surface area contributed by atoms with Gasteiger partial charge in [0, 0.05) is 11.8 Å². The minimum atomic E-state index is -4.83. The second-order valence-electron chi connectivity index (χ2n) is 6.36. The average Bonchev–Trinajstić information content (AvgIpc) is 2.72. The number of alkyl halides is 3.